The predicted molar refractivity (Wildman–Crippen MR) is 81.5 cm³/mol. The van der Waals surface area contributed by atoms with Crippen LogP contribution in [0.25, 0.3) is 11.2 Å². The molecule has 0 aliphatic heterocycles. The van der Waals surface area contributed by atoms with E-state index < -0.39 is 0 Å². The lowest BCUT2D eigenvalue weighted by Crippen LogP contribution is -2.09. The van der Waals surface area contributed by atoms with Crippen LogP contribution in [0.15, 0.2) is 17.5 Å². The van der Waals surface area contributed by atoms with Crippen LogP contribution < -0.4 is 0 Å². The molecule has 100 valence electrons. The molecule has 6 heteroatoms. The van der Waals surface area contributed by atoms with E-state index in [2.05, 4.69) is 46.0 Å². The van der Waals surface area contributed by atoms with Crippen LogP contribution in [-0.2, 0) is 6.54 Å². The van der Waals surface area contributed by atoms with Crippen molar-refractivity contribution in [2.75, 3.05) is 0 Å². The molecular formula is C13H16N4S2. The van der Waals surface area contributed by atoms with Crippen molar-refractivity contribution in [1.82, 2.24) is 19.3 Å². The SMILES string of the molecule is CCn1nc(C)c2[nH]c(=S)n(C(C)c3cccs3)c21. The standard InChI is InChI=1S/C13H16N4S2/c1-4-16-12-11(8(2)15-16)14-13(18)17(12)9(3)10-6-5-7-19-10/h5-7,9H,4H2,1-3H3,(H,14,18). The summed E-state index contributed by atoms with van der Waals surface area (Å²) in [6, 6.07) is 4.45. The van der Waals surface area contributed by atoms with E-state index >= 15 is 0 Å². The molecule has 0 amide bonds. The lowest BCUT2D eigenvalue weighted by atomic mass is 10.3. The second-order valence-corrected chi connectivity index (χ2v) is 5.96. The van der Waals surface area contributed by atoms with Crippen molar-refractivity contribution < 1.29 is 0 Å². The number of aromatic amines is 1. The van der Waals surface area contributed by atoms with Gasteiger partial charge in [0.05, 0.1) is 11.7 Å². The number of aryl methyl sites for hydroxylation is 2. The summed E-state index contributed by atoms with van der Waals surface area (Å²) in [6.45, 7) is 7.13. The molecule has 0 aliphatic carbocycles. The first kappa shape index (κ1) is 12.6. The van der Waals surface area contributed by atoms with Crippen molar-refractivity contribution in [2.24, 2.45) is 0 Å². The number of thiophene rings is 1. The Kier molecular flexibility index (Phi) is 3.06. The molecule has 0 saturated carbocycles. The van der Waals surface area contributed by atoms with Crippen molar-refractivity contribution in [3.8, 4) is 0 Å². The zero-order valence-corrected chi connectivity index (χ0v) is 12.8. The van der Waals surface area contributed by atoms with Crippen molar-refractivity contribution in [1.29, 1.82) is 0 Å². The van der Waals surface area contributed by atoms with Crippen molar-refractivity contribution >= 4 is 34.7 Å². The number of imidazole rings is 1. The lowest BCUT2D eigenvalue weighted by molar-refractivity contribution is 0.602. The van der Waals surface area contributed by atoms with Crippen LogP contribution in [0.2, 0.25) is 0 Å². The number of nitrogens with one attached hydrogen (secondary N) is 1. The van der Waals surface area contributed by atoms with Gasteiger partial charge in [-0.05, 0) is 44.4 Å². The molecule has 1 N–H and O–H groups in total. The molecular weight excluding hydrogens is 276 g/mol. The molecule has 19 heavy (non-hydrogen) atoms. The Morgan fingerprint density at radius 3 is 2.95 bits per heavy atom. The van der Waals surface area contributed by atoms with Crippen molar-refractivity contribution in [2.45, 2.75) is 33.4 Å². The van der Waals surface area contributed by atoms with E-state index in [1.165, 1.54) is 4.88 Å². The minimum absolute atomic E-state index is 0.225. The summed E-state index contributed by atoms with van der Waals surface area (Å²) in [5.41, 5.74) is 3.14. The Morgan fingerprint density at radius 1 is 1.53 bits per heavy atom. The minimum Gasteiger partial charge on any atom is -0.328 e. The Hall–Kier alpha value is -1.40. The van der Waals surface area contributed by atoms with E-state index in [-0.39, 0.29) is 6.04 Å². The largest absolute Gasteiger partial charge is 0.328 e. The van der Waals surface area contributed by atoms with Crippen molar-refractivity contribution in [3.63, 3.8) is 0 Å². The molecule has 1 atom stereocenters. The van der Waals surface area contributed by atoms with Crippen LogP contribution in [0.3, 0.4) is 0 Å². The highest BCUT2D eigenvalue weighted by Crippen LogP contribution is 2.28. The molecule has 0 bridgehead atoms. The molecule has 0 aromatic carbocycles. The first-order valence-electron chi connectivity index (χ1n) is 6.34. The van der Waals surface area contributed by atoms with Gasteiger partial charge in [0, 0.05) is 11.4 Å². The van der Waals surface area contributed by atoms with Gasteiger partial charge in [-0.25, -0.2) is 4.68 Å². The molecule has 0 radical (unpaired) electrons. The maximum Gasteiger partial charge on any atom is 0.179 e. The molecule has 0 spiro atoms. The van der Waals surface area contributed by atoms with Gasteiger partial charge in [0.1, 0.15) is 5.52 Å². The van der Waals surface area contributed by atoms with Gasteiger partial charge in [-0.3, -0.25) is 4.57 Å². The smallest absolute Gasteiger partial charge is 0.179 e. The van der Waals surface area contributed by atoms with E-state index in [0.717, 1.165) is 28.2 Å². The normalized spacial score (nSPS) is 13.2. The molecule has 0 saturated heterocycles. The van der Waals surface area contributed by atoms with Crippen LogP contribution in [0, 0.1) is 11.7 Å². The van der Waals surface area contributed by atoms with Gasteiger partial charge in [0.15, 0.2) is 10.4 Å². The molecule has 3 rings (SSSR count). The average Bonchev–Trinajstić information content (AvgIpc) is 3.06. The summed E-state index contributed by atoms with van der Waals surface area (Å²) in [7, 11) is 0. The van der Waals surface area contributed by atoms with Crippen molar-refractivity contribution in [3.05, 3.63) is 32.9 Å². The summed E-state index contributed by atoms with van der Waals surface area (Å²) >= 11 is 7.25. The number of rotatable bonds is 3. The van der Waals surface area contributed by atoms with E-state index in [0.29, 0.717) is 0 Å². The van der Waals surface area contributed by atoms with Crippen LogP contribution in [0.5, 0.6) is 0 Å². The average molecular weight is 292 g/mol. The lowest BCUT2D eigenvalue weighted by Gasteiger charge is -2.13. The van der Waals surface area contributed by atoms with E-state index in [9.17, 15) is 0 Å². The Balaban J connectivity index is 2.28. The topological polar surface area (TPSA) is 38.5 Å². The van der Waals surface area contributed by atoms with E-state index in [4.69, 9.17) is 12.2 Å². The Labute approximate surface area is 120 Å². The van der Waals surface area contributed by atoms with Gasteiger partial charge in [-0.2, -0.15) is 5.10 Å². The fourth-order valence-electron chi connectivity index (χ4n) is 2.46. The molecule has 3 heterocycles. The van der Waals surface area contributed by atoms with Gasteiger partial charge in [0.25, 0.3) is 0 Å². The number of hydrogen-bond donors (Lipinski definition) is 1. The number of nitrogens with zero attached hydrogens (tertiary/aromatic N) is 3. The van der Waals surface area contributed by atoms with E-state index in [1.54, 1.807) is 11.3 Å². The number of H-pyrrole nitrogens is 1. The second-order valence-electron chi connectivity index (χ2n) is 4.59. The minimum atomic E-state index is 0.225. The zero-order chi connectivity index (χ0) is 13.6. The first-order chi connectivity index (χ1) is 9.13. The summed E-state index contributed by atoms with van der Waals surface area (Å²) in [5, 5.41) is 6.65. The summed E-state index contributed by atoms with van der Waals surface area (Å²) < 4.78 is 4.94. The van der Waals surface area contributed by atoms with Crippen LogP contribution >= 0.6 is 23.6 Å². The number of fused-ring (bicyclic) bond motifs is 1. The van der Waals surface area contributed by atoms with Crippen LogP contribution in [0.4, 0.5) is 0 Å². The molecule has 4 nitrogen and oxygen atoms in total. The molecule has 1 unspecified atom stereocenters. The third-order valence-corrected chi connectivity index (χ3v) is 4.76. The quantitative estimate of drug-likeness (QED) is 0.744. The monoisotopic (exact) mass is 292 g/mol. The number of aromatic nitrogens is 4. The maximum atomic E-state index is 5.49. The van der Waals surface area contributed by atoms with Gasteiger partial charge in [-0.1, -0.05) is 6.07 Å². The van der Waals surface area contributed by atoms with Gasteiger partial charge in [0.2, 0.25) is 0 Å². The third kappa shape index (κ3) is 1.86. The fraction of sp³-hybridized carbons (Fsp3) is 0.385. The summed E-state index contributed by atoms with van der Waals surface area (Å²) in [5.74, 6) is 0. The third-order valence-electron chi connectivity index (χ3n) is 3.42. The summed E-state index contributed by atoms with van der Waals surface area (Å²) in [6.07, 6.45) is 0. The molecule has 3 aromatic rings. The maximum absolute atomic E-state index is 5.49. The number of hydrogen-bond acceptors (Lipinski definition) is 3. The highest BCUT2D eigenvalue weighted by atomic mass is 32.1. The summed E-state index contributed by atoms with van der Waals surface area (Å²) in [4.78, 5) is 4.60. The Morgan fingerprint density at radius 2 is 2.32 bits per heavy atom. The van der Waals surface area contributed by atoms with Gasteiger partial charge < -0.3 is 4.98 Å². The molecule has 3 aromatic heterocycles. The second kappa shape index (κ2) is 4.61. The molecule has 0 fully saturated rings. The van der Waals surface area contributed by atoms with Gasteiger partial charge in [-0.15, -0.1) is 11.3 Å². The zero-order valence-electron chi connectivity index (χ0n) is 11.2. The highest BCUT2D eigenvalue weighted by molar-refractivity contribution is 7.71. The van der Waals surface area contributed by atoms with Crippen LogP contribution in [0.1, 0.15) is 30.5 Å². The van der Waals surface area contributed by atoms with Crippen LogP contribution in [-0.4, -0.2) is 19.3 Å². The Bertz CT molecular complexity index is 761. The van der Waals surface area contributed by atoms with E-state index in [1.807, 2.05) is 11.6 Å². The highest BCUT2D eigenvalue weighted by Gasteiger charge is 2.19. The fourth-order valence-corrected chi connectivity index (χ4v) is 3.58. The van der Waals surface area contributed by atoms with Gasteiger partial charge >= 0.3 is 0 Å². The predicted octanol–water partition coefficient (Wildman–Crippen LogP) is 3.89. The first-order valence-corrected chi connectivity index (χ1v) is 7.63. The molecule has 0 aliphatic rings.